The van der Waals surface area contributed by atoms with Crippen LogP contribution in [-0.2, 0) is 22.9 Å². The van der Waals surface area contributed by atoms with Gasteiger partial charge in [-0.1, -0.05) is 12.1 Å². The summed E-state index contributed by atoms with van der Waals surface area (Å²) in [5, 5.41) is 1.83. The highest BCUT2D eigenvalue weighted by molar-refractivity contribution is 7.91. The highest BCUT2D eigenvalue weighted by Gasteiger charge is 2.32. The van der Waals surface area contributed by atoms with Crippen LogP contribution in [0.15, 0.2) is 46.7 Å². The lowest BCUT2D eigenvalue weighted by Gasteiger charge is -2.27. The molecule has 0 spiro atoms. The SMILES string of the molecule is COc1ccc(CN(Cc2cc(=O)n3ccsc3n2)[C@H]2CCS(=O)(=O)C2)cc1. The van der Waals surface area contributed by atoms with Crippen LogP contribution in [0.4, 0.5) is 0 Å². The average Bonchev–Trinajstić information content (AvgIpc) is 3.28. The van der Waals surface area contributed by atoms with Crippen LogP contribution < -0.4 is 10.3 Å². The quantitative estimate of drug-likeness (QED) is 0.608. The number of hydrogen-bond donors (Lipinski definition) is 0. The van der Waals surface area contributed by atoms with Crippen molar-refractivity contribution in [3.05, 3.63) is 63.5 Å². The molecule has 0 saturated carbocycles. The van der Waals surface area contributed by atoms with Crippen molar-refractivity contribution in [2.45, 2.75) is 25.6 Å². The largest absolute Gasteiger partial charge is 0.497 e. The van der Waals surface area contributed by atoms with Gasteiger partial charge < -0.3 is 4.74 Å². The number of sulfone groups is 1. The first kappa shape index (κ1) is 19.1. The summed E-state index contributed by atoms with van der Waals surface area (Å²) in [5.41, 5.74) is 1.59. The molecule has 4 rings (SSSR count). The van der Waals surface area contributed by atoms with Crippen molar-refractivity contribution >= 4 is 26.1 Å². The number of benzene rings is 1. The van der Waals surface area contributed by atoms with E-state index in [1.165, 1.54) is 21.8 Å². The molecule has 9 heteroatoms. The van der Waals surface area contributed by atoms with Crippen molar-refractivity contribution in [1.29, 1.82) is 0 Å². The minimum atomic E-state index is -3.02. The number of thiazole rings is 1. The number of nitrogens with zero attached hydrogens (tertiary/aromatic N) is 3. The Kier molecular flexibility index (Phi) is 5.22. The van der Waals surface area contributed by atoms with Gasteiger partial charge >= 0.3 is 0 Å². The predicted molar refractivity (Wildman–Crippen MR) is 109 cm³/mol. The first-order valence-corrected chi connectivity index (χ1v) is 11.7. The number of fused-ring (bicyclic) bond motifs is 1. The van der Waals surface area contributed by atoms with Crippen LogP contribution in [0.5, 0.6) is 5.75 Å². The van der Waals surface area contributed by atoms with Crippen molar-refractivity contribution in [3.63, 3.8) is 0 Å². The summed E-state index contributed by atoms with van der Waals surface area (Å²) < 4.78 is 30.8. The molecule has 148 valence electrons. The molecule has 1 aliphatic rings. The minimum Gasteiger partial charge on any atom is -0.497 e. The first-order valence-electron chi connectivity index (χ1n) is 8.97. The molecule has 0 unspecified atom stereocenters. The lowest BCUT2D eigenvalue weighted by Crippen LogP contribution is -2.36. The highest BCUT2D eigenvalue weighted by Crippen LogP contribution is 2.23. The smallest absolute Gasteiger partial charge is 0.258 e. The minimum absolute atomic E-state index is 0.0873. The Bertz CT molecular complexity index is 1140. The Morgan fingerprint density at radius 3 is 2.75 bits per heavy atom. The van der Waals surface area contributed by atoms with Crippen molar-refractivity contribution in [2.24, 2.45) is 0 Å². The van der Waals surface area contributed by atoms with Gasteiger partial charge in [0.2, 0.25) is 0 Å². The molecule has 0 aliphatic carbocycles. The molecule has 0 N–H and O–H groups in total. The topological polar surface area (TPSA) is 81.0 Å². The van der Waals surface area contributed by atoms with E-state index in [0.717, 1.165) is 11.3 Å². The second kappa shape index (κ2) is 7.65. The number of rotatable bonds is 6. The van der Waals surface area contributed by atoms with E-state index < -0.39 is 9.84 Å². The van der Waals surface area contributed by atoms with Crippen molar-refractivity contribution in [1.82, 2.24) is 14.3 Å². The summed E-state index contributed by atoms with van der Waals surface area (Å²) in [4.78, 5) is 19.6. The van der Waals surface area contributed by atoms with Gasteiger partial charge in [-0.05, 0) is 24.1 Å². The van der Waals surface area contributed by atoms with Crippen LogP contribution in [0.1, 0.15) is 17.7 Å². The Morgan fingerprint density at radius 2 is 2.07 bits per heavy atom. The normalized spacial score (nSPS) is 18.7. The van der Waals surface area contributed by atoms with E-state index in [-0.39, 0.29) is 23.1 Å². The van der Waals surface area contributed by atoms with E-state index in [1.807, 2.05) is 29.6 Å². The van der Waals surface area contributed by atoms with Gasteiger partial charge in [-0.15, -0.1) is 11.3 Å². The van der Waals surface area contributed by atoms with Gasteiger partial charge in [0, 0.05) is 36.8 Å². The second-order valence-corrected chi connectivity index (χ2v) is 10.1. The van der Waals surface area contributed by atoms with Gasteiger partial charge in [0.25, 0.3) is 5.56 Å². The maximum Gasteiger partial charge on any atom is 0.258 e. The van der Waals surface area contributed by atoms with Gasteiger partial charge in [-0.2, -0.15) is 0 Å². The molecule has 1 aromatic carbocycles. The third-order valence-electron chi connectivity index (χ3n) is 4.99. The van der Waals surface area contributed by atoms with Crippen LogP contribution in [-0.4, -0.2) is 47.4 Å². The average molecular weight is 420 g/mol. The summed E-state index contributed by atoms with van der Waals surface area (Å²) in [6.07, 6.45) is 2.30. The molecule has 3 aromatic rings. The monoisotopic (exact) mass is 419 g/mol. The van der Waals surface area contributed by atoms with E-state index in [0.29, 0.717) is 30.2 Å². The number of aromatic nitrogens is 2. The van der Waals surface area contributed by atoms with E-state index in [2.05, 4.69) is 9.88 Å². The molecular formula is C19H21N3O4S2. The Labute approximate surface area is 167 Å². The van der Waals surface area contributed by atoms with Gasteiger partial charge in [0.15, 0.2) is 14.8 Å². The Morgan fingerprint density at radius 1 is 1.29 bits per heavy atom. The third-order valence-corrected chi connectivity index (χ3v) is 7.50. The maximum atomic E-state index is 12.3. The molecule has 3 heterocycles. The molecule has 7 nitrogen and oxygen atoms in total. The molecule has 1 aliphatic heterocycles. The zero-order valence-electron chi connectivity index (χ0n) is 15.4. The molecule has 1 fully saturated rings. The highest BCUT2D eigenvalue weighted by atomic mass is 32.2. The van der Waals surface area contributed by atoms with Gasteiger partial charge in [-0.25, -0.2) is 13.4 Å². The van der Waals surface area contributed by atoms with Crippen LogP contribution in [0, 0.1) is 0 Å². The number of methoxy groups -OCH3 is 1. The molecule has 2 aromatic heterocycles. The maximum absolute atomic E-state index is 12.3. The van der Waals surface area contributed by atoms with Crippen molar-refractivity contribution < 1.29 is 13.2 Å². The Hall–Kier alpha value is -2.23. The Balaban J connectivity index is 1.62. The molecular weight excluding hydrogens is 398 g/mol. The summed E-state index contributed by atoms with van der Waals surface area (Å²) in [6, 6.07) is 9.17. The molecule has 1 atom stereocenters. The lowest BCUT2D eigenvalue weighted by molar-refractivity contribution is 0.192. The standard InChI is InChI=1S/C19H21N3O4S2/c1-26-17-4-2-14(3-5-17)11-21(16-6-9-28(24,25)13-16)12-15-10-18(23)22-7-8-27-19(22)20-15/h2-5,7-8,10,16H,6,9,11-13H2,1H3/t16-/m0/s1. The zero-order valence-corrected chi connectivity index (χ0v) is 17.1. The summed E-state index contributed by atoms with van der Waals surface area (Å²) in [6.45, 7) is 1.01. The van der Waals surface area contributed by atoms with E-state index in [1.54, 1.807) is 13.3 Å². The second-order valence-electron chi connectivity index (χ2n) is 6.95. The molecule has 1 saturated heterocycles. The number of hydrogen-bond acceptors (Lipinski definition) is 7. The van der Waals surface area contributed by atoms with Gasteiger partial charge in [-0.3, -0.25) is 14.1 Å². The molecule has 28 heavy (non-hydrogen) atoms. The van der Waals surface area contributed by atoms with Crippen LogP contribution in [0.2, 0.25) is 0 Å². The van der Waals surface area contributed by atoms with Crippen LogP contribution >= 0.6 is 11.3 Å². The fourth-order valence-electron chi connectivity index (χ4n) is 3.52. The van der Waals surface area contributed by atoms with Crippen molar-refractivity contribution in [2.75, 3.05) is 18.6 Å². The van der Waals surface area contributed by atoms with Crippen LogP contribution in [0.3, 0.4) is 0 Å². The van der Waals surface area contributed by atoms with Gasteiger partial charge in [0.05, 0.1) is 24.3 Å². The lowest BCUT2D eigenvalue weighted by atomic mass is 10.1. The molecule has 0 amide bonds. The first-order chi connectivity index (χ1) is 13.4. The third kappa shape index (κ3) is 4.11. The van der Waals surface area contributed by atoms with Crippen LogP contribution in [0.25, 0.3) is 4.96 Å². The summed E-state index contributed by atoms with van der Waals surface area (Å²) in [5.74, 6) is 1.12. The summed E-state index contributed by atoms with van der Waals surface area (Å²) >= 11 is 1.41. The molecule has 0 radical (unpaired) electrons. The number of ether oxygens (including phenoxy) is 1. The summed E-state index contributed by atoms with van der Waals surface area (Å²) in [7, 11) is -1.39. The fourth-order valence-corrected chi connectivity index (χ4v) is 6.02. The van der Waals surface area contributed by atoms with Gasteiger partial charge in [0.1, 0.15) is 5.75 Å². The van der Waals surface area contributed by atoms with E-state index in [9.17, 15) is 13.2 Å². The fraction of sp³-hybridized carbons (Fsp3) is 0.368. The van der Waals surface area contributed by atoms with E-state index in [4.69, 9.17) is 4.74 Å². The predicted octanol–water partition coefficient (Wildman–Crippen LogP) is 1.95. The van der Waals surface area contributed by atoms with Crippen molar-refractivity contribution in [3.8, 4) is 5.75 Å². The van der Waals surface area contributed by atoms with E-state index >= 15 is 0 Å². The zero-order chi connectivity index (χ0) is 19.7. The molecule has 0 bridgehead atoms.